The summed E-state index contributed by atoms with van der Waals surface area (Å²) in [6.07, 6.45) is 4.39. The van der Waals surface area contributed by atoms with Crippen LogP contribution >= 0.6 is 0 Å². The smallest absolute Gasteiger partial charge is 0.240 e. The van der Waals surface area contributed by atoms with E-state index in [2.05, 4.69) is 34.3 Å². The maximum atomic E-state index is 12.2. The highest BCUT2D eigenvalue weighted by Gasteiger charge is 2.20. The summed E-state index contributed by atoms with van der Waals surface area (Å²) in [6, 6.07) is 15.1. The van der Waals surface area contributed by atoms with Crippen LogP contribution in [0.4, 0.5) is 0 Å². The molecule has 144 valence electrons. The van der Waals surface area contributed by atoms with Gasteiger partial charge in [-0.05, 0) is 61.6 Å². The zero-order chi connectivity index (χ0) is 19.3. The molecule has 1 aliphatic carbocycles. The Morgan fingerprint density at radius 3 is 2.59 bits per heavy atom. The highest BCUT2D eigenvalue weighted by atomic mass is 32.2. The number of hydrogen-bond donors (Lipinski definition) is 2. The van der Waals surface area contributed by atoms with Crippen molar-refractivity contribution in [1.29, 1.82) is 0 Å². The Kier molecular flexibility index (Phi) is 6.29. The minimum Gasteiger partial charge on any atom is -0.355 e. The number of aryl methyl sites for hydroxylation is 2. The van der Waals surface area contributed by atoms with Crippen molar-refractivity contribution >= 4 is 15.9 Å². The number of amides is 1. The van der Waals surface area contributed by atoms with E-state index in [1.54, 1.807) is 24.3 Å². The highest BCUT2D eigenvalue weighted by molar-refractivity contribution is 7.89. The minimum absolute atomic E-state index is 0.0324. The number of rotatable bonds is 7. The average Bonchev–Trinajstić information content (AvgIpc) is 2.71. The Balaban J connectivity index is 1.49. The van der Waals surface area contributed by atoms with Crippen molar-refractivity contribution in [2.24, 2.45) is 0 Å². The Morgan fingerprint density at radius 2 is 1.85 bits per heavy atom. The molecule has 0 heterocycles. The molecule has 1 amide bonds. The quantitative estimate of drug-likeness (QED) is 0.768. The van der Waals surface area contributed by atoms with Crippen LogP contribution in [0.5, 0.6) is 0 Å². The van der Waals surface area contributed by atoms with E-state index in [1.165, 1.54) is 24.6 Å². The van der Waals surface area contributed by atoms with Crippen molar-refractivity contribution in [2.75, 3.05) is 13.6 Å². The lowest BCUT2D eigenvalue weighted by molar-refractivity contribution is -0.121. The maximum Gasteiger partial charge on any atom is 0.240 e. The van der Waals surface area contributed by atoms with Crippen molar-refractivity contribution in [1.82, 2.24) is 10.0 Å². The minimum atomic E-state index is -3.42. The van der Waals surface area contributed by atoms with Crippen LogP contribution in [0.1, 0.15) is 41.9 Å². The lowest BCUT2D eigenvalue weighted by atomic mass is 9.83. The predicted molar refractivity (Wildman–Crippen MR) is 106 cm³/mol. The summed E-state index contributed by atoms with van der Waals surface area (Å²) in [6.45, 7) is 0.676. The number of sulfonamides is 1. The fourth-order valence-electron chi connectivity index (χ4n) is 3.60. The first kappa shape index (κ1) is 19.6. The molecule has 1 aliphatic rings. The molecule has 1 unspecified atom stereocenters. The summed E-state index contributed by atoms with van der Waals surface area (Å²) in [5.74, 6) is 0.426. The van der Waals surface area contributed by atoms with Crippen LogP contribution in [-0.4, -0.2) is 27.9 Å². The van der Waals surface area contributed by atoms with Gasteiger partial charge in [-0.2, -0.15) is 0 Å². The fourth-order valence-corrected chi connectivity index (χ4v) is 4.33. The normalized spacial score (nSPS) is 16.6. The first-order valence-electron chi connectivity index (χ1n) is 9.36. The van der Waals surface area contributed by atoms with Crippen LogP contribution < -0.4 is 10.0 Å². The molecule has 2 aromatic carbocycles. The van der Waals surface area contributed by atoms with Gasteiger partial charge in [0.2, 0.25) is 15.9 Å². The van der Waals surface area contributed by atoms with Gasteiger partial charge in [-0.1, -0.05) is 36.4 Å². The van der Waals surface area contributed by atoms with Gasteiger partial charge in [-0.25, -0.2) is 13.1 Å². The van der Waals surface area contributed by atoms with Gasteiger partial charge in [0.1, 0.15) is 0 Å². The molecule has 0 aromatic heterocycles. The van der Waals surface area contributed by atoms with Gasteiger partial charge in [0.15, 0.2) is 0 Å². The molecule has 3 rings (SSSR count). The summed E-state index contributed by atoms with van der Waals surface area (Å²) in [4.78, 5) is 12.5. The van der Waals surface area contributed by atoms with Crippen LogP contribution in [0.3, 0.4) is 0 Å². The largest absolute Gasteiger partial charge is 0.355 e. The summed E-state index contributed by atoms with van der Waals surface area (Å²) >= 11 is 0. The number of carbonyl (C=O) groups excluding carboxylic acids is 1. The maximum absolute atomic E-state index is 12.2. The number of hydrogen-bond acceptors (Lipinski definition) is 3. The third-order valence-electron chi connectivity index (χ3n) is 5.18. The molecule has 0 saturated heterocycles. The molecule has 5 nitrogen and oxygen atoms in total. The molecular weight excluding hydrogens is 360 g/mol. The van der Waals surface area contributed by atoms with E-state index in [9.17, 15) is 13.2 Å². The molecule has 2 N–H and O–H groups in total. The Morgan fingerprint density at radius 1 is 1.11 bits per heavy atom. The van der Waals surface area contributed by atoms with Crippen molar-refractivity contribution in [3.63, 3.8) is 0 Å². The first-order valence-corrected chi connectivity index (χ1v) is 10.8. The summed E-state index contributed by atoms with van der Waals surface area (Å²) in [7, 11) is -2.03. The molecular formula is C21H26N2O3S. The van der Waals surface area contributed by atoms with Crippen LogP contribution in [0.2, 0.25) is 0 Å². The Labute approximate surface area is 161 Å². The van der Waals surface area contributed by atoms with E-state index in [4.69, 9.17) is 0 Å². The van der Waals surface area contributed by atoms with Gasteiger partial charge < -0.3 is 5.32 Å². The van der Waals surface area contributed by atoms with Crippen molar-refractivity contribution in [3.8, 4) is 0 Å². The summed E-state index contributed by atoms with van der Waals surface area (Å²) in [5.41, 5.74) is 3.72. The van der Waals surface area contributed by atoms with E-state index in [0.29, 0.717) is 25.3 Å². The van der Waals surface area contributed by atoms with E-state index in [0.717, 1.165) is 18.4 Å². The Hall–Kier alpha value is -2.18. The second-order valence-electron chi connectivity index (χ2n) is 6.94. The Bertz CT molecular complexity index is 892. The highest BCUT2D eigenvalue weighted by Crippen LogP contribution is 2.30. The lowest BCUT2D eigenvalue weighted by Gasteiger charge is -2.25. The molecule has 0 bridgehead atoms. The number of fused-ring (bicyclic) bond motifs is 1. The van der Waals surface area contributed by atoms with Crippen molar-refractivity contribution in [2.45, 2.75) is 42.9 Å². The molecule has 27 heavy (non-hydrogen) atoms. The van der Waals surface area contributed by atoms with Crippen LogP contribution in [0, 0.1) is 0 Å². The number of benzene rings is 2. The van der Waals surface area contributed by atoms with E-state index >= 15 is 0 Å². The van der Waals surface area contributed by atoms with Crippen molar-refractivity contribution in [3.05, 3.63) is 65.2 Å². The fraction of sp³-hybridized carbons (Fsp3) is 0.381. The van der Waals surface area contributed by atoms with Gasteiger partial charge in [0.25, 0.3) is 0 Å². The SMILES string of the molecule is CNS(=O)(=O)c1ccc(CCC(=O)NCC2CCCc3ccccc32)cc1. The zero-order valence-corrected chi connectivity index (χ0v) is 16.4. The van der Waals surface area contributed by atoms with Gasteiger partial charge in [-0.15, -0.1) is 0 Å². The molecule has 0 aliphatic heterocycles. The van der Waals surface area contributed by atoms with Gasteiger partial charge >= 0.3 is 0 Å². The van der Waals surface area contributed by atoms with Gasteiger partial charge in [0, 0.05) is 18.9 Å². The number of nitrogens with one attached hydrogen (secondary N) is 2. The predicted octanol–water partition coefficient (Wildman–Crippen LogP) is 2.76. The molecule has 0 saturated carbocycles. The van der Waals surface area contributed by atoms with Gasteiger partial charge in [-0.3, -0.25) is 4.79 Å². The number of carbonyl (C=O) groups is 1. The molecule has 1 atom stereocenters. The van der Waals surface area contributed by atoms with E-state index < -0.39 is 10.0 Å². The monoisotopic (exact) mass is 386 g/mol. The van der Waals surface area contributed by atoms with Gasteiger partial charge in [0.05, 0.1) is 4.90 Å². The molecule has 6 heteroatoms. The van der Waals surface area contributed by atoms with Crippen LogP contribution in [0.15, 0.2) is 53.4 Å². The molecule has 0 fully saturated rings. The van der Waals surface area contributed by atoms with E-state index in [1.807, 2.05) is 0 Å². The standard InChI is InChI=1S/C21H26N2O3S/c1-22-27(25,26)19-12-9-16(10-13-19)11-14-21(24)23-15-18-7-4-6-17-5-2-3-8-20(17)18/h2-3,5,8-10,12-13,18,22H,4,6-7,11,14-15H2,1H3,(H,23,24). The third-order valence-corrected chi connectivity index (χ3v) is 6.61. The summed E-state index contributed by atoms with van der Waals surface area (Å²) < 4.78 is 25.7. The van der Waals surface area contributed by atoms with Crippen LogP contribution in [0.25, 0.3) is 0 Å². The summed E-state index contributed by atoms with van der Waals surface area (Å²) in [5, 5.41) is 3.06. The zero-order valence-electron chi connectivity index (χ0n) is 15.6. The lowest BCUT2D eigenvalue weighted by Crippen LogP contribution is -2.30. The third kappa shape index (κ3) is 4.96. The molecule has 0 spiro atoms. The van der Waals surface area contributed by atoms with Crippen LogP contribution in [-0.2, 0) is 27.7 Å². The topological polar surface area (TPSA) is 75.3 Å². The molecule has 0 radical (unpaired) electrons. The second kappa shape index (κ2) is 8.67. The van der Waals surface area contributed by atoms with Crippen molar-refractivity contribution < 1.29 is 13.2 Å². The second-order valence-corrected chi connectivity index (χ2v) is 8.83. The van der Waals surface area contributed by atoms with E-state index in [-0.39, 0.29) is 10.8 Å². The molecule has 2 aromatic rings. The average molecular weight is 387 g/mol. The first-order chi connectivity index (χ1) is 13.0.